The Morgan fingerprint density at radius 3 is 2.14 bits per heavy atom. The Morgan fingerprint density at radius 2 is 1.50 bits per heavy atom. The quantitative estimate of drug-likeness (QED) is 0.546. The first kappa shape index (κ1) is 19.2. The van der Waals surface area contributed by atoms with Crippen molar-refractivity contribution in [2.75, 3.05) is 18.6 Å². The number of hydrogen-bond acceptors (Lipinski definition) is 3. The van der Waals surface area contributed by atoms with Gasteiger partial charge in [-0.15, -0.1) is 0 Å². The average molecular weight is 406 g/mol. The van der Waals surface area contributed by atoms with E-state index in [1.165, 1.54) is 15.9 Å². The minimum atomic E-state index is -0.673. The lowest BCUT2D eigenvalue weighted by Crippen LogP contribution is -2.25. The maximum atomic E-state index is 6.06. The van der Waals surface area contributed by atoms with E-state index in [2.05, 4.69) is 91.2 Å². The van der Waals surface area contributed by atoms with Crippen LogP contribution in [0.25, 0.3) is 0 Å². The Bertz CT molecular complexity index is 890. The molecule has 0 N–H and O–H groups in total. The van der Waals surface area contributed by atoms with Crippen LogP contribution in [0.5, 0.6) is 0 Å². The number of aliphatic imine (C=N–C) groups is 1. The summed E-state index contributed by atoms with van der Waals surface area (Å²) in [6, 6.07) is 30.5. The van der Waals surface area contributed by atoms with Crippen LogP contribution in [0, 0.1) is 0 Å². The third-order valence-corrected chi connectivity index (χ3v) is 7.92. The molecule has 0 aromatic heterocycles. The molecule has 28 heavy (non-hydrogen) atoms. The second-order valence-electron chi connectivity index (χ2n) is 6.70. The van der Waals surface area contributed by atoms with Gasteiger partial charge in [0.1, 0.15) is 6.61 Å². The van der Waals surface area contributed by atoms with E-state index in [1.807, 2.05) is 11.8 Å². The van der Waals surface area contributed by atoms with Gasteiger partial charge in [0.05, 0.1) is 6.04 Å². The van der Waals surface area contributed by atoms with Crippen molar-refractivity contribution < 1.29 is 4.74 Å². The highest BCUT2D eigenvalue weighted by Crippen LogP contribution is 2.34. The Hall–Kier alpha value is -2.09. The lowest BCUT2D eigenvalue weighted by molar-refractivity contribution is 0.316. The highest BCUT2D eigenvalue weighted by atomic mass is 32.2. The molecule has 0 bridgehead atoms. The minimum absolute atomic E-state index is 0.273. The molecule has 0 saturated carbocycles. The van der Waals surface area contributed by atoms with E-state index < -0.39 is 7.92 Å². The summed E-state index contributed by atoms with van der Waals surface area (Å²) in [6.45, 7) is 0.693. The zero-order valence-electron chi connectivity index (χ0n) is 16.0. The van der Waals surface area contributed by atoms with Gasteiger partial charge in [0, 0.05) is 5.56 Å². The van der Waals surface area contributed by atoms with Gasteiger partial charge in [-0.1, -0.05) is 78.9 Å². The molecule has 4 heteroatoms. The first-order chi connectivity index (χ1) is 13.9. The van der Waals surface area contributed by atoms with Gasteiger partial charge in [-0.05, 0) is 48.3 Å². The zero-order chi connectivity index (χ0) is 19.2. The number of nitrogens with zero attached hydrogens (tertiary/aromatic N) is 1. The molecule has 142 valence electrons. The van der Waals surface area contributed by atoms with Crippen molar-refractivity contribution in [1.29, 1.82) is 0 Å². The van der Waals surface area contributed by atoms with E-state index in [-0.39, 0.29) is 6.04 Å². The summed E-state index contributed by atoms with van der Waals surface area (Å²) in [5.74, 6) is 1.92. The molecule has 1 heterocycles. The van der Waals surface area contributed by atoms with Gasteiger partial charge in [0.25, 0.3) is 0 Å². The van der Waals surface area contributed by atoms with Crippen molar-refractivity contribution in [1.82, 2.24) is 0 Å². The van der Waals surface area contributed by atoms with Crippen molar-refractivity contribution in [3.63, 3.8) is 0 Å². The van der Waals surface area contributed by atoms with Crippen LogP contribution in [-0.4, -0.2) is 30.6 Å². The largest absolute Gasteiger partial charge is 0.475 e. The molecule has 1 aliphatic rings. The monoisotopic (exact) mass is 405 g/mol. The summed E-state index contributed by atoms with van der Waals surface area (Å²) < 4.78 is 6.06. The van der Waals surface area contributed by atoms with Gasteiger partial charge < -0.3 is 4.74 Å². The summed E-state index contributed by atoms with van der Waals surface area (Å²) in [5, 5.41) is 3.99. The van der Waals surface area contributed by atoms with E-state index in [1.54, 1.807) is 0 Å². The first-order valence-corrected chi connectivity index (χ1v) is 12.3. The maximum Gasteiger partial charge on any atom is 0.217 e. The Labute approximate surface area is 172 Å². The molecule has 3 aromatic carbocycles. The molecule has 4 rings (SSSR count). The fourth-order valence-corrected chi connectivity index (χ4v) is 6.34. The molecule has 0 unspecified atom stereocenters. The predicted octanol–water partition coefficient (Wildman–Crippen LogP) is 4.34. The van der Waals surface area contributed by atoms with Gasteiger partial charge >= 0.3 is 0 Å². The lowest BCUT2D eigenvalue weighted by Gasteiger charge is -2.22. The lowest BCUT2D eigenvalue weighted by atomic mass is 10.2. The molecule has 1 aliphatic heterocycles. The molecular weight excluding hydrogens is 381 g/mol. The van der Waals surface area contributed by atoms with Crippen LogP contribution < -0.4 is 15.9 Å². The topological polar surface area (TPSA) is 21.6 Å². The molecular formula is C24H24NOPS. The molecule has 0 aliphatic carbocycles. The van der Waals surface area contributed by atoms with Crippen LogP contribution in [0.3, 0.4) is 0 Å². The van der Waals surface area contributed by atoms with Crippen LogP contribution in [-0.2, 0) is 4.74 Å². The average Bonchev–Trinajstić information content (AvgIpc) is 3.23. The smallest absolute Gasteiger partial charge is 0.217 e. The predicted molar refractivity (Wildman–Crippen MR) is 124 cm³/mol. The summed E-state index contributed by atoms with van der Waals surface area (Å²) in [5.41, 5.74) is 1.13. The zero-order valence-corrected chi connectivity index (χ0v) is 17.7. The van der Waals surface area contributed by atoms with Gasteiger partial charge in [0.15, 0.2) is 0 Å². The molecule has 0 spiro atoms. The Kier molecular flexibility index (Phi) is 6.46. The molecule has 0 fully saturated rings. The number of rotatable bonds is 7. The van der Waals surface area contributed by atoms with Gasteiger partial charge in [-0.25, -0.2) is 4.99 Å². The van der Waals surface area contributed by atoms with Gasteiger partial charge in [-0.2, -0.15) is 11.8 Å². The van der Waals surface area contributed by atoms with E-state index in [9.17, 15) is 0 Å². The molecule has 3 aromatic rings. The number of thioether (sulfide) groups is 1. The van der Waals surface area contributed by atoms with Crippen LogP contribution in [0.4, 0.5) is 0 Å². The fourth-order valence-electron chi connectivity index (χ4n) is 3.40. The highest BCUT2D eigenvalue weighted by Gasteiger charge is 2.25. The molecule has 2 nitrogen and oxygen atoms in total. The van der Waals surface area contributed by atoms with Gasteiger partial charge in [-0.3, -0.25) is 0 Å². The Balaban J connectivity index is 1.77. The molecule has 1 atom stereocenters. The Morgan fingerprint density at radius 1 is 0.893 bits per heavy atom. The third-order valence-electron chi connectivity index (χ3n) is 4.77. The van der Waals surface area contributed by atoms with Crippen LogP contribution in [0.1, 0.15) is 12.0 Å². The molecule has 0 saturated heterocycles. The van der Waals surface area contributed by atoms with Crippen molar-refractivity contribution in [2.24, 2.45) is 4.99 Å². The summed E-state index contributed by atoms with van der Waals surface area (Å²) in [7, 11) is -0.673. The van der Waals surface area contributed by atoms with Crippen molar-refractivity contribution >= 4 is 41.5 Å². The number of benzene rings is 3. The van der Waals surface area contributed by atoms with E-state index in [0.29, 0.717) is 6.61 Å². The van der Waals surface area contributed by atoms with E-state index in [0.717, 1.165) is 23.6 Å². The summed E-state index contributed by atoms with van der Waals surface area (Å²) in [4.78, 5) is 4.92. The SMILES string of the molecule is CSCC[C@H]1COC(c2ccccc2P(c2ccccc2)c2ccccc2)=N1. The normalized spacial score (nSPS) is 16.1. The van der Waals surface area contributed by atoms with E-state index in [4.69, 9.17) is 9.73 Å². The third kappa shape index (κ3) is 4.32. The number of ether oxygens (including phenoxy) is 1. The second-order valence-corrected chi connectivity index (χ2v) is 9.88. The molecule has 0 radical (unpaired) electrons. The van der Waals surface area contributed by atoms with Crippen LogP contribution in [0.2, 0.25) is 0 Å². The maximum absolute atomic E-state index is 6.06. The van der Waals surface area contributed by atoms with Crippen LogP contribution >= 0.6 is 19.7 Å². The van der Waals surface area contributed by atoms with Gasteiger partial charge in [0.2, 0.25) is 5.90 Å². The molecule has 0 amide bonds. The van der Waals surface area contributed by atoms with Crippen molar-refractivity contribution in [3.05, 3.63) is 90.5 Å². The first-order valence-electron chi connectivity index (χ1n) is 9.56. The fraction of sp³-hybridized carbons (Fsp3) is 0.208. The standard InChI is InChI=1S/C24H24NOPS/c1-28-17-16-19-18-26-24(25-19)22-14-8-9-15-23(22)27(20-10-4-2-5-11-20)21-12-6-3-7-13-21/h2-15,19H,16-18H2,1H3/t19-/m0/s1. The van der Waals surface area contributed by atoms with Crippen molar-refractivity contribution in [3.8, 4) is 0 Å². The second kappa shape index (κ2) is 9.41. The number of hydrogen-bond donors (Lipinski definition) is 0. The summed E-state index contributed by atoms with van der Waals surface area (Å²) >= 11 is 1.87. The van der Waals surface area contributed by atoms with Crippen molar-refractivity contribution in [2.45, 2.75) is 12.5 Å². The van der Waals surface area contributed by atoms with E-state index >= 15 is 0 Å². The summed E-state index contributed by atoms with van der Waals surface area (Å²) in [6.07, 6.45) is 3.21. The van der Waals surface area contributed by atoms with Crippen LogP contribution in [0.15, 0.2) is 89.9 Å². The highest BCUT2D eigenvalue weighted by molar-refractivity contribution is 7.98. The minimum Gasteiger partial charge on any atom is -0.475 e.